The Labute approximate surface area is 131 Å². The number of nitrogens with one attached hydrogen (secondary N) is 1. The predicted octanol–water partition coefficient (Wildman–Crippen LogP) is 4.76. The maximum atomic E-state index is 6.14. The van der Waals surface area contributed by atoms with E-state index in [0.717, 1.165) is 18.0 Å². The van der Waals surface area contributed by atoms with Gasteiger partial charge in [-0.3, -0.25) is 0 Å². The third-order valence-electron chi connectivity index (χ3n) is 3.18. The first-order chi connectivity index (χ1) is 10.1. The summed E-state index contributed by atoms with van der Waals surface area (Å²) in [6.45, 7) is 7.88. The maximum Gasteiger partial charge on any atom is 0.219 e. The summed E-state index contributed by atoms with van der Waals surface area (Å²) >= 11 is 6.14. The number of rotatable bonds is 6. The van der Waals surface area contributed by atoms with Crippen molar-refractivity contribution >= 4 is 11.6 Å². The van der Waals surface area contributed by atoms with E-state index >= 15 is 0 Å². The van der Waals surface area contributed by atoms with E-state index in [1.54, 1.807) is 6.07 Å². The molecule has 1 N–H and O–H groups in total. The molecule has 4 heteroatoms. The number of halogens is 1. The monoisotopic (exact) mass is 304 g/mol. The second-order valence-corrected chi connectivity index (χ2v) is 5.59. The zero-order chi connectivity index (χ0) is 15.2. The van der Waals surface area contributed by atoms with Gasteiger partial charge in [0.1, 0.15) is 5.75 Å². The molecule has 0 saturated carbocycles. The molecular weight excluding hydrogens is 284 g/mol. The summed E-state index contributed by atoms with van der Waals surface area (Å²) in [7, 11) is 0. The van der Waals surface area contributed by atoms with Crippen LogP contribution in [0.2, 0.25) is 5.02 Å². The molecule has 21 heavy (non-hydrogen) atoms. The van der Waals surface area contributed by atoms with Crippen molar-refractivity contribution in [3.8, 4) is 11.6 Å². The highest BCUT2D eigenvalue weighted by Crippen LogP contribution is 2.26. The third kappa shape index (κ3) is 4.45. The summed E-state index contributed by atoms with van der Waals surface area (Å²) in [6.07, 6.45) is 0. The van der Waals surface area contributed by atoms with E-state index in [1.165, 1.54) is 5.56 Å². The third-order valence-corrected chi connectivity index (χ3v) is 3.53. The molecule has 0 saturated heterocycles. The van der Waals surface area contributed by atoms with Crippen molar-refractivity contribution in [3.05, 3.63) is 52.7 Å². The second kappa shape index (κ2) is 7.43. The van der Waals surface area contributed by atoms with Gasteiger partial charge in [0.25, 0.3) is 0 Å². The second-order valence-electron chi connectivity index (χ2n) is 5.19. The van der Waals surface area contributed by atoms with Crippen molar-refractivity contribution in [2.24, 2.45) is 0 Å². The van der Waals surface area contributed by atoms with Gasteiger partial charge in [0.2, 0.25) is 5.88 Å². The minimum absolute atomic E-state index is 0.469. The van der Waals surface area contributed by atoms with E-state index in [-0.39, 0.29) is 0 Å². The average Bonchev–Trinajstić information content (AvgIpc) is 2.48. The normalized spacial score (nSPS) is 10.9. The number of hydrogen-bond donors (Lipinski definition) is 1. The fraction of sp³-hybridized carbons (Fsp3) is 0.353. The van der Waals surface area contributed by atoms with Crippen molar-refractivity contribution in [1.29, 1.82) is 0 Å². The summed E-state index contributed by atoms with van der Waals surface area (Å²) in [5.74, 6) is 1.83. The Morgan fingerprint density at radius 1 is 1.24 bits per heavy atom. The topological polar surface area (TPSA) is 34.2 Å². The van der Waals surface area contributed by atoms with E-state index in [4.69, 9.17) is 16.3 Å². The molecule has 2 aromatic rings. The molecule has 2 rings (SSSR count). The summed E-state index contributed by atoms with van der Waals surface area (Å²) in [5.41, 5.74) is 2.05. The Bertz CT molecular complexity index is 599. The summed E-state index contributed by atoms with van der Waals surface area (Å²) in [4.78, 5) is 4.46. The quantitative estimate of drug-likeness (QED) is 0.835. The molecule has 0 fully saturated rings. The maximum absolute atomic E-state index is 6.14. The molecule has 0 bridgehead atoms. The Hall–Kier alpha value is -1.58. The number of benzene rings is 1. The van der Waals surface area contributed by atoms with Crippen LogP contribution in [0.1, 0.15) is 37.9 Å². The molecule has 0 aliphatic heterocycles. The highest BCUT2D eigenvalue weighted by atomic mass is 35.5. The van der Waals surface area contributed by atoms with Crippen LogP contribution in [0.15, 0.2) is 36.4 Å². The molecule has 0 atom stereocenters. The van der Waals surface area contributed by atoms with E-state index < -0.39 is 0 Å². The predicted molar refractivity (Wildman–Crippen MR) is 87.2 cm³/mol. The Morgan fingerprint density at radius 3 is 2.76 bits per heavy atom. The minimum Gasteiger partial charge on any atom is -0.439 e. The first-order valence-corrected chi connectivity index (χ1v) is 7.62. The van der Waals surface area contributed by atoms with Crippen molar-refractivity contribution in [2.45, 2.75) is 33.2 Å². The Kier molecular flexibility index (Phi) is 5.59. The lowest BCUT2D eigenvalue weighted by atomic mass is 10.0. The Morgan fingerprint density at radius 2 is 2.05 bits per heavy atom. The van der Waals surface area contributed by atoms with Gasteiger partial charge in [-0.15, -0.1) is 0 Å². The first kappa shape index (κ1) is 15.8. The summed E-state index contributed by atoms with van der Waals surface area (Å²) < 4.78 is 5.85. The van der Waals surface area contributed by atoms with Crippen LogP contribution in [0.4, 0.5) is 0 Å². The van der Waals surface area contributed by atoms with Crippen LogP contribution < -0.4 is 10.1 Å². The minimum atomic E-state index is 0.469. The number of nitrogens with zero attached hydrogens (tertiary/aromatic N) is 1. The first-order valence-electron chi connectivity index (χ1n) is 7.24. The largest absolute Gasteiger partial charge is 0.439 e. The van der Waals surface area contributed by atoms with Gasteiger partial charge in [0.05, 0.1) is 10.7 Å². The molecule has 112 valence electrons. The lowest BCUT2D eigenvalue weighted by Gasteiger charge is -2.11. The summed E-state index contributed by atoms with van der Waals surface area (Å²) in [6, 6.07) is 11.7. The lowest BCUT2D eigenvalue weighted by molar-refractivity contribution is 0.459. The van der Waals surface area contributed by atoms with Gasteiger partial charge in [0.15, 0.2) is 0 Å². The van der Waals surface area contributed by atoms with Gasteiger partial charge in [0, 0.05) is 12.6 Å². The molecular formula is C17H21ClN2O. The number of ether oxygens (including phenoxy) is 1. The molecule has 0 radical (unpaired) electrons. The van der Waals surface area contributed by atoms with Gasteiger partial charge in [-0.1, -0.05) is 44.5 Å². The number of pyridine rings is 1. The van der Waals surface area contributed by atoms with Gasteiger partial charge < -0.3 is 10.1 Å². The van der Waals surface area contributed by atoms with E-state index in [0.29, 0.717) is 23.4 Å². The molecule has 0 aliphatic rings. The van der Waals surface area contributed by atoms with Crippen LogP contribution in [-0.2, 0) is 6.54 Å². The Balaban J connectivity index is 2.17. The van der Waals surface area contributed by atoms with Crippen molar-refractivity contribution in [3.63, 3.8) is 0 Å². The fourth-order valence-corrected chi connectivity index (χ4v) is 2.12. The zero-order valence-corrected chi connectivity index (χ0v) is 13.4. The number of hydrogen-bond acceptors (Lipinski definition) is 3. The average molecular weight is 305 g/mol. The van der Waals surface area contributed by atoms with E-state index in [2.05, 4.69) is 30.2 Å². The van der Waals surface area contributed by atoms with Crippen molar-refractivity contribution in [2.75, 3.05) is 6.54 Å². The molecule has 0 amide bonds. The molecule has 0 unspecified atom stereocenters. The molecule has 1 aromatic carbocycles. The SMILES string of the molecule is CCNCc1nc(Oc2cccc(C(C)C)c2)ccc1Cl. The van der Waals surface area contributed by atoms with Crippen LogP contribution >= 0.6 is 11.6 Å². The molecule has 1 aromatic heterocycles. The van der Waals surface area contributed by atoms with Crippen LogP contribution in [0.3, 0.4) is 0 Å². The number of aromatic nitrogens is 1. The van der Waals surface area contributed by atoms with Crippen LogP contribution in [0.5, 0.6) is 11.6 Å². The van der Waals surface area contributed by atoms with E-state index in [9.17, 15) is 0 Å². The highest BCUT2D eigenvalue weighted by molar-refractivity contribution is 6.31. The van der Waals surface area contributed by atoms with E-state index in [1.807, 2.05) is 31.2 Å². The highest BCUT2D eigenvalue weighted by Gasteiger charge is 2.07. The fourth-order valence-electron chi connectivity index (χ4n) is 1.95. The van der Waals surface area contributed by atoms with Crippen molar-refractivity contribution < 1.29 is 4.74 Å². The standard InChI is InChI=1S/C17H21ClN2O/c1-4-19-11-16-15(18)8-9-17(20-16)21-14-7-5-6-13(10-14)12(2)3/h5-10,12,19H,4,11H2,1-3H3. The van der Waals surface area contributed by atoms with Gasteiger partial charge >= 0.3 is 0 Å². The van der Waals surface area contributed by atoms with Crippen LogP contribution in [0, 0.1) is 0 Å². The van der Waals surface area contributed by atoms with Gasteiger partial charge in [-0.05, 0) is 36.2 Å². The van der Waals surface area contributed by atoms with Crippen molar-refractivity contribution in [1.82, 2.24) is 10.3 Å². The van der Waals surface area contributed by atoms with Gasteiger partial charge in [-0.25, -0.2) is 4.98 Å². The zero-order valence-electron chi connectivity index (χ0n) is 12.7. The van der Waals surface area contributed by atoms with Crippen LogP contribution in [0.25, 0.3) is 0 Å². The lowest BCUT2D eigenvalue weighted by Crippen LogP contribution is -2.13. The summed E-state index contributed by atoms with van der Waals surface area (Å²) in [5, 5.41) is 3.87. The molecule has 3 nitrogen and oxygen atoms in total. The van der Waals surface area contributed by atoms with Gasteiger partial charge in [-0.2, -0.15) is 0 Å². The molecule has 0 spiro atoms. The smallest absolute Gasteiger partial charge is 0.219 e. The molecule has 0 aliphatic carbocycles. The van der Waals surface area contributed by atoms with Crippen LogP contribution in [-0.4, -0.2) is 11.5 Å². The molecule has 1 heterocycles.